The summed E-state index contributed by atoms with van der Waals surface area (Å²) >= 11 is 17.3. The SMILES string of the molecule is CCON=C(C(N)=O)c1csc(NC(=O)OCC(Cl)(Cl)Cl)n1. The number of thiazole rings is 1. The van der Waals surface area contributed by atoms with E-state index < -0.39 is 22.4 Å². The van der Waals surface area contributed by atoms with Gasteiger partial charge in [0, 0.05) is 5.38 Å². The van der Waals surface area contributed by atoms with Crippen LogP contribution in [-0.4, -0.2) is 39.7 Å². The lowest BCUT2D eigenvalue weighted by Crippen LogP contribution is -2.25. The molecule has 0 aliphatic rings. The van der Waals surface area contributed by atoms with Gasteiger partial charge in [0.05, 0.1) is 0 Å². The van der Waals surface area contributed by atoms with Crippen molar-refractivity contribution in [2.24, 2.45) is 10.9 Å². The summed E-state index contributed by atoms with van der Waals surface area (Å²) in [5.41, 5.74) is 5.16. The third kappa shape index (κ3) is 6.65. The maximum atomic E-state index is 11.5. The van der Waals surface area contributed by atoms with E-state index in [0.29, 0.717) is 0 Å². The summed E-state index contributed by atoms with van der Waals surface area (Å²) in [5.74, 6) is -0.816. The van der Waals surface area contributed by atoms with Gasteiger partial charge in [0.25, 0.3) is 5.91 Å². The highest BCUT2D eigenvalue weighted by molar-refractivity contribution is 7.14. The Kier molecular flexibility index (Phi) is 7.14. The molecule has 0 atom stereocenters. The molecule has 8 nitrogen and oxygen atoms in total. The van der Waals surface area contributed by atoms with Gasteiger partial charge in [0.1, 0.15) is 18.9 Å². The Balaban J connectivity index is 2.71. The van der Waals surface area contributed by atoms with E-state index in [1.807, 2.05) is 0 Å². The molecule has 1 rings (SSSR count). The topological polar surface area (TPSA) is 116 Å². The Labute approximate surface area is 144 Å². The zero-order chi connectivity index (χ0) is 16.8. The number of amides is 2. The molecular weight excluding hydrogens is 379 g/mol. The van der Waals surface area contributed by atoms with E-state index in [0.717, 1.165) is 11.3 Å². The molecule has 0 saturated heterocycles. The molecule has 0 spiro atoms. The fourth-order valence-electron chi connectivity index (χ4n) is 1.06. The molecule has 0 bridgehead atoms. The van der Waals surface area contributed by atoms with Gasteiger partial charge in [-0.25, -0.2) is 9.78 Å². The lowest BCUT2D eigenvalue weighted by atomic mass is 10.3. The van der Waals surface area contributed by atoms with Gasteiger partial charge in [-0.3, -0.25) is 10.1 Å². The minimum Gasteiger partial charge on any atom is -0.445 e. The molecule has 1 heterocycles. The van der Waals surface area contributed by atoms with Crippen LogP contribution in [0.2, 0.25) is 0 Å². The number of ether oxygens (including phenoxy) is 1. The van der Waals surface area contributed by atoms with Crippen molar-refractivity contribution in [3.8, 4) is 0 Å². The van der Waals surface area contributed by atoms with Crippen molar-refractivity contribution in [1.29, 1.82) is 0 Å². The van der Waals surface area contributed by atoms with Gasteiger partial charge in [0.2, 0.25) is 3.79 Å². The first-order valence-electron chi connectivity index (χ1n) is 5.69. The maximum Gasteiger partial charge on any atom is 0.413 e. The lowest BCUT2D eigenvalue weighted by molar-refractivity contribution is -0.112. The average Bonchev–Trinajstić information content (AvgIpc) is 2.84. The largest absolute Gasteiger partial charge is 0.445 e. The van der Waals surface area contributed by atoms with Crippen LogP contribution < -0.4 is 11.1 Å². The first-order chi connectivity index (χ1) is 10.2. The van der Waals surface area contributed by atoms with Crippen LogP contribution in [0.4, 0.5) is 9.93 Å². The zero-order valence-corrected chi connectivity index (χ0v) is 14.2. The molecule has 2 amide bonds. The number of nitrogens with zero attached hydrogens (tertiary/aromatic N) is 2. The molecule has 1 aromatic rings. The second-order valence-electron chi connectivity index (χ2n) is 3.58. The first kappa shape index (κ1) is 18.8. The highest BCUT2D eigenvalue weighted by atomic mass is 35.6. The number of rotatable bonds is 6. The smallest absolute Gasteiger partial charge is 0.413 e. The number of anilines is 1. The number of carbonyl (C=O) groups excluding carboxylic acids is 2. The Bertz CT molecular complexity index is 573. The van der Waals surface area contributed by atoms with Crippen LogP contribution in [0.15, 0.2) is 10.5 Å². The molecule has 0 aliphatic carbocycles. The number of hydrogen-bond donors (Lipinski definition) is 2. The number of primary amides is 1. The number of nitrogens with two attached hydrogens (primary N) is 1. The monoisotopic (exact) mass is 388 g/mol. The molecule has 0 fully saturated rings. The van der Waals surface area contributed by atoms with E-state index in [-0.39, 0.29) is 23.1 Å². The summed E-state index contributed by atoms with van der Waals surface area (Å²) in [6, 6.07) is 0. The number of alkyl halides is 3. The Morgan fingerprint density at radius 1 is 1.50 bits per heavy atom. The standard InChI is InChI=1S/C10H11Cl3N4O4S/c1-2-21-17-6(7(14)18)5-3-22-8(15-5)16-9(19)20-4-10(11,12)13/h3H,2,4H2,1H3,(H2,14,18)(H,15,16,19). The van der Waals surface area contributed by atoms with Crippen LogP contribution in [0.1, 0.15) is 12.6 Å². The van der Waals surface area contributed by atoms with E-state index in [1.54, 1.807) is 6.92 Å². The van der Waals surface area contributed by atoms with E-state index in [9.17, 15) is 9.59 Å². The molecule has 0 saturated carbocycles. The van der Waals surface area contributed by atoms with Gasteiger partial charge in [-0.2, -0.15) is 0 Å². The first-order valence-corrected chi connectivity index (χ1v) is 7.70. The second kappa shape index (κ2) is 8.37. The summed E-state index contributed by atoms with van der Waals surface area (Å²) in [6.45, 7) is 1.52. The average molecular weight is 390 g/mol. The van der Waals surface area contributed by atoms with Crippen molar-refractivity contribution < 1.29 is 19.2 Å². The third-order valence-corrected chi connectivity index (χ3v) is 2.93. The maximum absolute atomic E-state index is 11.5. The fraction of sp³-hybridized carbons (Fsp3) is 0.400. The summed E-state index contributed by atoms with van der Waals surface area (Å²) in [6.07, 6.45) is -0.866. The summed E-state index contributed by atoms with van der Waals surface area (Å²) in [5, 5.41) is 7.48. The number of aromatic nitrogens is 1. The normalized spacial score (nSPS) is 11.9. The molecule has 0 radical (unpaired) electrons. The highest BCUT2D eigenvalue weighted by Gasteiger charge is 2.23. The predicted octanol–water partition coefficient (Wildman–Crippen LogP) is 2.29. The van der Waals surface area contributed by atoms with Crippen LogP contribution in [0.5, 0.6) is 0 Å². The molecule has 0 aromatic carbocycles. The van der Waals surface area contributed by atoms with Crippen molar-refractivity contribution in [2.45, 2.75) is 10.7 Å². The van der Waals surface area contributed by atoms with Crippen molar-refractivity contribution in [2.75, 3.05) is 18.5 Å². The molecule has 1 aromatic heterocycles. The van der Waals surface area contributed by atoms with Crippen molar-refractivity contribution in [3.63, 3.8) is 0 Å². The third-order valence-electron chi connectivity index (χ3n) is 1.84. The Morgan fingerprint density at radius 2 is 2.18 bits per heavy atom. The predicted molar refractivity (Wildman–Crippen MR) is 84.7 cm³/mol. The van der Waals surface area contributed by atoms with Crippen LogP contribution in [-0.2, 0) is 14.4 Å². The van der Waals surface area contributed by atoms with Crippen molar-refractivity contribution in [1.82, 2.24) is 4.98 Å². The van der Waals surface area contributed by atoms with Gasteiger partial charge in [-0.05, 0) is 6.92 Å². The number of halogens is 3. The lowest BCUT2D eigenvalue weighted by Gasteiger charge is -2.10. The minimum atomic E-state index is -1.71. The minimum absolute atomic E-state index is 0.148. The van der Waals surface area contributed by atoms with E-state index >= 15 is 0 Å². The Hall–Kier alpha value is -1.29. The van der Waals surface area contributed by atoms with E-state index in [1.165, 1.54) is 5.38 Å². The number of hydrogen-bond acceptors (Lipinski definition) is 7. The van der Waals surface area contributed by atoms with Gasteiger partial charge in [-0.15, -0.1) is 11.3 Å². The molecular formula is C10H11Cl3N4O4S. The van der Waals surface area contributed by atoms with Gasteiger partial charge < -0.3 is 15.3 Å². The van der Waals surface area contributed by atoms with E-state index in [4.69, 9.17) is 45.4 Å². The van der Waals surface area contributed by atoms with Crippen LogP contribution in [0, 0.1) is 0 Å². The summed E-state index contributed by atoms with van der Waals surface area (Å²) < 4.78 is 2.95. The van der Waals surface area contributed by atoms with E-state index in [2.05, 4.69) is 20.2 Å². The summed E-state index contributed by atoms with van der Waals surface area (Å²) in [7, 11) is 0. The fourth-order valence-corrected chi connectivity index (χ4v) is 1.90. The quantitative estimate of drug-likeness (QED) is 0.440. The van der Waals surface area contributed by atoms with Crippen molar-refractivity contribution in [3.05, 3.63) is 11.1 Å². The molecule has 3 N–H and O–H groups in total. The van der Waals surface area contributed by atoms with Gasteiger partial charge in [-0.1, -0.05) is 40.0 Å². The summed E-state index contributed by atoms with van der Waals surface area (Å²) in [4.78, 5) is 31.5. The van der Waals surface area contributed by atoms with Gasteiger partial charge in [0.15, 0.2) is 10.8 Å². The van der Waals surface area contributed by atoms with Crippen LogP contribution in [0.3, 0.4) is 0 Å². The highest BCUT2D eigenvalue weighted by Crippen LogP contribution is 2.26. The number of oxime groups is 1. The second-order valence-corrected chi connectivity index (χ2v) is 6.95. The molecule has 22 heavy (non-hydrogen) atoms. The van der Waals surface area contributed by atoms with Crippen LogP contribution >= 0.6 is 46.1 Å². The van der Waals surface area contributed by atoms with Gasteiger partial charge >= 0.3 is 6.09 Å². The molecule has 0 aliphatic heterocycles. The number of nitrogens with one attached hydrogen (secondary N) is 1. The molecule has 12 heteroatoms. The van der Waals surface area contributed by atoms with Crippen LogP contribution in [0.25, 0.3) is 0 Å². The molecule has 0 unspecified atom stereocenters. The Morgan fingerprint density at radius 3 is 2.73 bits per heavy atom. The number of carbonyl (C=O) groups is 2. The molecule has 122 valence electrons. The van der Waals surface area contributed by atoms with Crippen molar-refractivity contribution >= 4 is 69.0 Å². The zero-order valence-electron chi connectivity index (χ0n) is 11.1.